The van der Waals surface area contributed by atoms with Gasteiger partial charge >= 0.3 is 0 Å². The number of rotatable bonds is 4. The molecule has 2 rings (SSSR count). The van der Waals surface area contributed by atoms with Gasteiger partial charge in [-0.2, -0.15) is 0 Å². The van der Waals surface area contributed by atoms with Crippen molar-refractivity contribution in [2.75, 3.05) is 10.6 Å². The number of fused-ring (bicyclic) bond motifs is 1. The fourth-order valence-electron chi connectivity index (χ4n) is 2.50. The number of carbonyl (C=O) groups excluding carboxylic acids is 1. The fraction of sp³-hybridized carbons (Fsp3) is 0.562. The van der Waals surface area contributed by atoms with E-state index in [1.54, 1.807) is 24.3 Å². The van der Waals surface area contributed by atoms with E-state index < -0.39 is 10.0 Å². The van der Waals surface area contributed by atoms with Crippen LogP contribution in [0, 0.1) is 0 Å². The molecule has 1 aliphatic rings. The summed E-state index contributed by atoms with van der Waals surface area (Å²) in [6.45, 7) is 7.33. The monoisotopic (exact) mass is 327 g/mol. The molecule has 1 aliphatic heterocycles. The first-order chi connectivity index (χ1) is 10.3. The van der Waals surface area contributed by atoms with E-state index in [9.17, 15) is 13.2 Å². The lowest BCUT2D eigenvalue weighted by atomic mass is 10.0. The molecular formula is C16H25NO4S. The molecule has 5 nitrogen and oxygen atoms in total. The largest absolute Gasteiger partial charge is 0.486 e. The van der Waals surface area contributed by atoms with Gasteiger partial charge in [0.25, 0.3) is 0 Å². The minimum Gasteiger partial charge on any atom is -0.486 e. The number of benzene rings is 1. The SMILES string of the molecule is CC.CC(=O)CC[C@@H]1Oc2ccccc2N(S(C)(=O)=O)[C@@H]1C. The van der Waals surface area contributed by atoms with Crippen LogP contribution in [0.5, 0.6) is 5.75 Å². The third kappa shape index (κ3) is 4.22. The average molecular weight is 327 g/mol. The summed E-state index contributed by atoms with van der Waals surface area (Å²) in [6, 6.07) is 6.73. The maximum atomic E-state index is 12.0. The first kappa shape index (κ1) is 18.5. The van der Waals surface area contributed by atoms with Crippen molar-refractivity contribution in [2.24, 2.45) is 0 Å². The Labute approximate surface area is 133 Å². The van der Waals surface area contributed by atoms with Gasteiger partial charge in [-0.05, 0) is 32.4 Å². The predicted molar refractivity (Wildman–Crippen MR) is 88.9 cm³/mol. The molecule has 6 heteroatoms. The standard InChI is InChI=1S/C14H19NO4S.C2H6/c1-10(16)8-9-13-11(2)15(20(3,17)18)12-6-4-5-7-14(12)19-13;1-2/h4-7,11,13H,8-9H2,1-3H3;1-2H3/t11-,13+;/m1./s1. The van der Waals surface area contributed by atoms with Crippen molar-refractivity contribution in [3.05, 3.63) is 24.3 Å². The highest BCUT2D eigenvalue weighted by Gasteiger charge is 2.37. The minimum absolute atomic E-state index is 0.0746. The van der Waals surface area contributed by atoms with Crippen molar-refractivity contribution in [1.82, 2.24) is 0 Å². The van der Waals surface area contributed by atoms with Crippen molar-refractivity contribution >= 4 is 21.5 Å². The highest BCUT2D eigenvalue weighted by molar-refractivity contribution is 7.92. The van der Waals surface area contributed by atoms with Gasteiger partial charge in [0, 0.05) is 6.42 Å². The zero-order valence-electron chi connectivity index (χ0n) is 13.9. The average Bonchev–Trinajstić information content (AvgIpc) is 2.45. The van der Waals surface area contributed by atoms with Gasteiger partial charge in [0.15, 0.2) is 0 Å². The number of sulfonamides is 1. The first-order valence-corrected chi connectivity index (χ1v) is 9.40. The lowest BCUT2D eigenvalue weighted by Crippen LogP contribution is -2.50. The van der Waals surface area contributed by atoms with Crippen molar-refractivity contribution in [3.8, 4) is 5.75 Å². The number of hydrogen-bond donors (Lipinski definition) is 0. The van der Waals surface area contributed by atoms with Crippen molar-refractivity contribution < 1.29 is 17.9 Å². The molecule has 2 atom stereocenters. The van der Waals surface area contributed by atoms with Crippen molar-refractivity contribution in [2.45, 2.75) is 52.7 Å². The molecular weight excluding hydrogens is 302 g/mol. The van der Waals surface area contributed by atoms with Crippen molar-refractivity contribution in [1.29, 1.82) is 0 Å². The van der Waals surface area contributed by atoms with E-state index in [0.29, 0.717) is 24.3 Å². The second kappa shape index (κ2) is 7.63. The molecule has 0 saturated heterocycles. The van der Waals surface area contributed by atoms with E-state index >= 15 is 0 Å². The summed E-state index contributed by atoms with van der Waals surface area (Å²) >= 11 is 0. The number of Topliss-reactive ketones (excluding diaryl/α,β-unsaturated/α-hetero) is 1. The Morgan fingerprint density at radius 3 is 2.41 bits per heavy atom. The van der Waals surface area contributed by atoms with Gasteiger partial charge in [-0.25, -0.2) is 8.42 Å². The molecule has 0 spiro atoms. The van der Waals surface area contributed by atoms with Crippen molar-refractivity contribution in [3.63, 3.8) is 0 Å². The van der Waals surface area contributed by atoms with Crippen LogP contribution in [-0.4, -0.2) is 32.6 Å². The van der Waals surface area contributed by atoms with E-state index in [1.807, 2.05) is 20.8 Å². The molecule has 0 saturated carbocycles. The quantitative estimate of drug-likeness (QED) is 0.853. The van der Waals surface area contributed by atoms with Gasteiger partial charge in [-0.1, -0.05) is 26.0 Å². The summed E-state index contributed by atoms with van der Waals surface area (Å²) in [5.41, 5.74) is 0.557. The summed E-state index contributed by atoms with van der Waals surface area (Å²) in [5, 5.41) is 0. The van der Waals surface area contributed by atoms with E-state index in [0.717, 1.165) is 0 Å². The minimum atomic E-state index is -3.39. The molecule has 1 aromatic carbocycles. The summed E-state index contributed by atoms with van der Waals surface area (Å²) in [6.07, 6.45) is 1.77. The van der Waals surface area contributed by atoms with E-state index in [2.05, 4.69) is 0 Å². The van der Waals surface area contributed by atoms with Crippen LogP contribution in [0.1, 0.15) is 40.5 Å². The Morgan fingerprint density at radius 2 is 1.86 bits per heavy atom. The molecule has 124 valence electrons. The maximum Gasteiger partial charge on any atom is 0.232 e. The smallest absolute Gasteiger partial charge is 0.232 e. The van der Waals surface area contributed by atoms with Crippen LogP contribution in [-0.2, 0) is 14.8 Å². The normalized spacial score (nSPS) is 20.3. The first-order valence-electron chi connectivity index (χ1n) is 7.55. The highest BCUT2D eigenvalue weighted by atomic mass is 32.2. The number of carbonyl (C=O) groups is 1. The fourth-order valence-corrected chi connectivity index (χ4v) is 3.75. The molecule has 0 radical (unpaired) electrons. The van der Waals surface area contributed by atoms with Crippen LogP contribution < -0.4 is 9.04 Å². The van der Waals surface area contributed by atoms with Crippen LogP contribution in [0.3, 0.4) is 0 Å². The Balaban J connectivity index is 0.00000116. The Morgan fingerprint density at radius 1 is 1.27 bits per heavy atom. The van der Waals surface area contributed by atoms with Gasteiger partial charge in [-0.3, -0.25) is 4.31 Å². The van der Waals surface area contributed by atoms with Crippen LogP contribution in [0.15, 0.2) is 24.3 Å². The number of hydrogen-bond acceptors (Lipinski definition) is 4. The Hall–Kier alpha value is -1.56. The molecule has 1 aromatic rings. The van der Waals surface area contributed by atoms with Gasteiger partial charge in [0.2, 0.25) is 10.0 Å². The highest BCUT2D eigenvalue weighted by Crippen LogP contribution is 2.38. The van der Waals surface area contributed by atoms with Crippen LogP contribution >= 0.6 is 0 Å². The molecule has 0 fully saturated rings. The van der Waals surface area contributed by atoms with Gasteiger partial charge in [0.1, 0.15) is 17.6 Å². The molecule has 0 aromatic heterocycles. The van der Waals surface area contributed by atoms with E-state index in [-0.39, 0.29) is 17.9 Å². The van der Waals surface area contributed by atoms with E-state index in [4.69, 9.17) is 4.74 Å². The molecule has 1 heterocycles. The lowest BCUT2D eigenvalue weighted by molar-refractivity contribution is -0.117. The predicted octanol–water partition coefficient (Wildman–Crippen LogP) is 3.00. The van der Waals surface area contributed by atoms with E-state index in [1.165, 1.54) is 17.5 Å². The molecule has 22 heavy (non-hydrogen) atoms. The summed E-state index contributed by atoms with van der Waals surface area (Å²) < 4.78 is 31.3. The summed E-state index contributed by atoms with van der Waals surface area (Å²) in [5.74, 6) is 0.621. The molecule has 0 N–H and O–H groups in total. The number of anilines is 1. The number of nitrogens with zero attached hydrogens (tertiary/aromatic N) is 1. The number of ketones is 1. The third-order valence-corrected chi connectivity index (χ3v) is 4.67. The van der Waals surface area contributed by atoms with Gasteiger partial charge in [-0.15, -0.1) is 0 Å². The second-order valence-electron chi connectivity index (χ2n) is 5.16. The Bertz CT molecular complexity index is 612. The van der Waals surface area contributed by atoms with Gasteiger partial charge in [0.05, 0.1) is 18.0 Å². The molecule has 0 aliphatic carbocycles. The lowest BCUT2D eigenvalue weighted by Gasteiger charge is -2.40. The maximum absolute atomic E-state index is 12.0. The molecule has 0 bridgehead atoms. The zero-order chi connectivity index (χ0) is 16.9. The summed E-state index contributed by atoms with van der Waals surface area (Å²) in [7, 11) is -3.39. The third-order valence-electron chi connectivity index (χ3n) is 3.43. The van der Waals surface area contributed by atoms with Crippen LogP contribution in [0.4, 0.5) is 5.69 Å². The molecule has 0 unspecified atom stereocenters. The molecule has 0 amide bonds. The second-order valence-corrected chi connectivity index (χ2v) is 7.02. The zero-order valence-corrected chi connectivity index (χ0v) is 14.7. The van der Waals surface area contributed by atoms with Crippen LogP contribution in [0.2, 0.25) is 0 Å². The van der Waals surface area contributed by atoms with Gasteiger partial charge < -0.3 is 9.53 Å². The van der Waals surface area contributed by atoms with Crippen LogP contribution in [0.25, 0.3) is 0 Å². The Kier molecular flexibility index (Phi) is 6.41. The number of para-hydroxylation sites is 2. The summed E-state index contributed by atoms with van der Waals surface area (Å²) in [4.78, 5) is 11.1. The number of ether oxygens (including phenoxy) is 1. The topological polar surface area (TPSA) is 63.7 Å².